The first-order valence-electron chi connectivity index (χ1n) is 5.35. The zero-order valence-corrected chi connectivity index (χ0v) is 9.85. The molecule has 85 valence electrons. The van der Waals surface area contributed by atoms with E-state index in [2.05, 4.69) is 6.92 Å². The fraction of sp³-hybridized carbons (Fsp3) is 0.615. The van der Waals surface area contributed by atoms with Crippen LogP contribution >= 0.6 is 0 Å². The van der Waals surface area contributed by atoms with Gasteiger partial charge in [-0.15, -0.1) is 0 Å². The minimum Gasteiger partial charge on any atom is -0.376 e. The molecule has 1 aliphatic rings. The monoisotopic (exact) mass is 211 g/mol. The predicted octanol–water partition coefficient (Wildman–Crippen LogP) is 3.83. The van der Waals surface area contributed by atoms with Gasteiger partial charge in [0, 0.05) is 6.61 Å². The van der Waals surface area contributed by atoms with Crippen molar-refractivity contribution >= 4 is 0 Å². The van der Waals surface area contributed by atoms with Crippen LogP contribution in [-0.2, 0) is 4.74 Å². The summed E-state index contributed by atoms with van der Waals surface area (Å²) in [5, 5.41) is 0. The summed E-state index contributed by atoms with van der Waals surface area (Å²) in [5.74, 6) is -0.161. The quantitative estimate of drug-likeness (QED) is 0.689. The van der Waals surface area contributed by atoms with Gasteiger partial charge in [-0.1, -0.05) is 6.08 Å². The molecule has 1 atom stereocenters. The molecule has 15 heavy (non-hydrogen) atoms. The Hall–Kier alpha value is -0.630. The molecule has 0 bridgehead atoms. The largest absolute Gasteiger partial charge is 0.376 e. The second kappa shape index (κ2) is 4.48. The molecular formula is C13H20FO. The van der Waals surface area contributed by atoms with Gasteiger partial charge in [-0.2, -0.15) is 0 Å². The van der Waals surface area contributed by atoms with E-state index >= 15 is 0 Å². The Kier molecular flexibility index (Phi) is 3.72. The molecule has 1 rings (SSSR count). The Morgan fingerprint density at radius 3 is 2.67 bits per heavy atom. The summed E-state index contributed by atoms with van der Waals surface area (Å²) in [7, 11) is 0. The summed E-state index contributed by atoms with van der Waals surface area (Å²) >= 11 is 0. The predicted molar refractivity (Wildman–Crippen MR) is 61.1 cm³/mol. The molecule has 0 aliphatic heterocycles. The lowest BCUT2D eigenvalue weighted by Gasteiger charge is -2.28. The van der Waals surface area contributed by atoms with E-state index in [4.69, 9.17) is 4.74 Å². The van der Waals surface area contributed by atoms with Gasteiger partial charge in [-0.25, -0.2) is 4.39 Å². The smallest absolute Gasteiger partial charge is 0.118 e. The van der Waals surface area contributed by atoms with Crippen molar-refractivity contribution in [2.75, 3.05) is 6.61 Å². The summed E-state index contributed by atoms with van der Waals surface area (Å²) < 4.78 is 18.4. The maximum Gasteiger partial charge on any atom is 0.118 e. The van der Waals surface area contributed by atoms with E-state index in [0.717, 1.165) is 6.42 Å². The fourth-order valence-electron chi connectivity index (χ4n) is 1.44. The van der Waals surface area contributed by atoms with Gasteiger partial charge in [0.15, 0.2) is 0 Å². The van der Waals surface area contributed by atoms with Gasteiger partial charge in [-0.05, 0) is 58.1 Å². The zero-order valence-electron chi connectivity index (χ0n) is 9.85. The standard InChI is InChI=1S/C13H20FO/c1-12(2,3)15-10-9-13(4)7-5-11(14)6-8-13/h5-7H,4,8-10H2,1-3H3. The minimum absolute atomic E-state index is 0.115. The average Bonchev–Trinajstić information content (AvgIpc) is 2.09. The van der Waals surface area contributed by atoms with Gasteiger partial charge in [0.05, 0.1) is 5.60 Å². The number of rotatable bonds is 3. The van der Waals surface area contributed by atoms with E-state index in [0.29, 0.717) is 13.0 Å². The molecule has 1 unspecified atom stereocenters. The molecule has 0 heterocycles. The van der Waals surface area contributed by atoms with Crippen molar-refractivity contribution in [3.63, 3.8) is 0 Å². The molecular weight excluding hydrogens is 191 g/mol. The Morgan fingerprint density at radius 1 is 1.53 bits per heavy atom. The van der Waals surface area contributed by atoms with E-state index in [1.54, 1.807) is 6.08 Å². The van der Waals surface area contributed by atoms with Crippen LogP contribution < -0.4 is 0 Å². The molecule has 0 spiro atoms. The molecule has 0 saturated heterocycles. The van der Waals surface area contributed by atoms with Crippen LogP contribution in [0.25, 0.3) is 0 Å². The van der Waals surface area contributed by atoms with Crippen molar-refractivity contribution in [2.24, 2.45) is 5.41 Å². The van der Waals surface area contributed by atoms with Gasteiger partial charge < -0.3 is 4.74 Å². The lowest BCUT2D eigenvalue weighted by Crippen LogP contribution is -2.24. The summed E-state index contributed by atoms with van der Waals surface area (Å²) in [4.78, 5) is 0. The van der Waals surface area contributed by atoms with Crippen molar-refractivity contribution in [3.05, 3.63) is 31.0 Å². The number of hydrogen-bond donors (Lipinski definition) is 0. The molecule has 2 heteroatoms. The van der Waals surface area contributed by atoms with Crippen molar-refractivity contribution in [3.8, 4) is 0 Å². The zero-order chi connectivity index (χ0) is 11.5. The third-order valence-electron chi connectivity index (χ3n) is 2.43. The number of halogens is 1. The van der Waals surface area contributed by atoms with Crippen LogP contribution in [0, 0.1) is 12.3 Å². The van der Waals surface area contributed by atoms with Gasteiger partial charge in [0.2, 0.25) is 0 Å². The van der Waals surface area contributed by atoms with E-state index in [1.165, 1.54) is 6.08 Å². The van der Waals surface area contributed by atoms with Crippen LogP contribution in [0.2, 0.25) is 0 Å². The Labute approximate surface area is 92.0 Å². The summed E-state index contributed by atoms with van der Waals surface area (Å²) in [6.07, 6.45) is 6.40. The first kappa shape index (κ1) is 12.4. The van der Waals surface area contributed by atoms with Crippen LogP contribution in [0.4, 0.5) is 4.39 Å². The van der Waals surface area contributed by atoms with Crippen LogP contribution in [0.3, 0.4) is 0 Å². The van der Waals surface area contributed by atoms with Crippen LogP contribution in [0.15, 0.2) is 24.1 Å². The van der Waals surface area contributed by atoms with Crippen molar-refractivity contribution < 1.29 is 9.13 Å². The maximum atomic E-state index is 12.8. The molecule has 0 amide bonds. The fourth-order valence-corrected chi connectivity index (χ4v) is 1.44. The van der Waals surface area contributed by atoms with Crippen LogP contribution in [0.1, 0.15) is 33.6 Å². The lowest BCUT2D eigenvalue weighted by atomic mass is 9.81. The first-order chi connectivity index (χ1) is 6.81. The Balaban J connectivity index is 2.37. The molecule has 0 aromatic rings. The first-order valence-corrected chi connectivity index (χ1v) is 5.35. The van der Waals surface area contributed by atoms with Gasteiger partial charge in [0.25, 0.3) is 0 Å². The van der Waals surface area contributed by atoms with Crippen molar-refractivity contribution in [1.29, 1.82) is 0 Å². The highest BCUT2D eigenvalue weighted by atomic mass is 19.1. The van der Waals surface area contributed by atoms with Crippen LogP contribution in [-0.4, -0.2) is 12.2 Å². The van der Waals surface area contributed by atoms with Crippen LogP contribution in [0.5, 0.6) is 0 Å². The molecule has 0 aromatic heterocycles. The average molecular weight is 211 g/mol. The highest BCUT2D eigenvalue weighted by molar-refractivity contribution is 5.22. The molecule has 0 aromatic carbocycles. The number of allylic oxidation sites excluding steroid dienone is 4. The molecule has 1 radical (unpaired) electrons. The molecule has 0 saturated carbocycles. The Bertz CT molecular complexity index is 273. The highest BCUT2D eigenvalue weighted by Gasteiger charge is 2.23. The molecule has 1 aliphatic carbocycles. The lowest BCUT2D eigenvalue weighted by molar-refractivity contribution is -0.0113. The normalized spacial score (nSPS) is 26.6. The van der Waals surface area contributed by atoms with E-state index < -0.39 is 0 Å². The van der Waals surface area contributed by atoms with E-state index in [-0.39, 0.29) is 16.8 Å². The SMILES string of the molecule is [CH2]C1(CCOC(C)(C)C)C=CC(F)=CC1. The Morgan fingerprint density at radius 2 is 2.20 bits per heavy atom. The summed E-state index contributed by atoms with van der Waals surface area (Å²) in [5.41, 5.74) is -0.309. The van der Waals surface area contributed by atoms with Gasteiger partial charge in [0.1, 0.15) is 5.83 Å². The highest BCUT2D eigenvalue weighted by Crippen LogP contribution is 2.33. The molecule has 1 nitrogen and oxygen atoms in total. The van der Waals surface area contributed by atoms with Crippen molar-refractivity contribution in [1.82, 2.24) is 0 Å². The summed E-state index contributed by atoms with van der Waals surface area (Å²) in [6.45, 7) is 10.8. The summed E-state index contributed by atoms with van der Waals surface area (Å²) in [6, 6.07) is 0. The number of ether oxygens (including phenoxy) is 1. The minimum atomic E-state index is -0.194. The molecule has 0 fully saturated rings. The topological polar surface area (TPSA) is 9.23 Å². The van der Waals surface area contributed by atoms with E-state index in [9.17, 15) is 4.39 Å². The molecule has 0 N–H and O–H groups in total. The number of hydrogen-bond acceptors (Lipinski definition) is 1. The third-order valence-corrected chi connectivity index (χ3v) is 2.43. The van der Waals surface area contributed by atoms with E-state index in [1.807, 2.05) is 26.8 Å². The second-order valence-electron chi connectivity index (χ2n) is 5.20. The second-order valence-corrected chi connectivity index (χ2v) is 5.20. The maximum absolute atomic E-state index is 12.8. The van der Waals surface area contributed by atoms with Gasteiger partial charge in [-0.3, -0.25) is 0 Å². The van der Waals surface area contributed by atoms with Gasteiger partial charge >= 0.3 is 0 Å². The van der Waals surface area contributed by atoms with Crippen molar-refractivity contribution in [2.45, 2.75) is 39.2 Å². The third kappa shape index (κ3) is 4.61.